The molecule has 0 aliphatic rings. The first-order valence-corrected chi connectivity index (χ1v) is 17.1. The molecule has 0 aliphatic carbocycles. The van der Waals surface area contributed by atoms with Crippen molar-refractivity contribution >= 4 is 76.2 Å². The molecule has 232 valence electrons. The fourth-order valence-electron chi connectivity index (χ4n) is 7.99. The summed E-state index contributed by atoms with van der Waals surface area (Å²) in [6, 6.07) is 61.1. The van der Waals surface area contributed by atoms with Gasteiger partial charge in [0.05, 0.1) is 0 Å². The highest BCUT2D eigenvalue weighted by Gasteiger charge is 2.16. The highest BCUT2D eigenvalue weighted by molar-refractivity contribution is 6.26. The second kappa shape index (κ2) is 10.4. The number of rotatable bonds is 3. The van der Waals surface area contributed by atoms with Gasteiger partial charge in [0.2, 0.25) is 0 Å². The van der Waals surface area contributed by atoms with Crippen molar-refractivity contribution in [1.29, 1.82) is 0 Å². The monoisotopic (exact) mass is 636 g/mol. The van der Waals surface area contributed by atoms with Crippen molar-refractivity contribution in [2.75, 3.05) is 0 Å². The zero-order chi connectivity index (χ0) is 32.8. The van der Waals surface area contributed by atoms with Crippen molar-refractivity contribution in [3.8, 4) is 33.4 Å². The lowest BCUT2D eigenvalue weighted by Gasteiger charge is -2.12. The van der Waals surface area contributed by atoms with Crippen molar-refractivity contribution in [1.82, 2.24) is 0 Å². The molecule has 50 heavy (non-hydrogen) atoms. The van der Waals surface area contributed by atoms with Crippen LogP contribution in [0.1, 0.15) is 0 Å². The van der Waals surface area contributed by atoms with Crippen LogP contribution in [-0.2, 0) is 0 Å². The van der Waals surface area contributed by atoms with Crippen LogP contribution in [0, 0.1) is 0 Å². The van der Waals surface area contributed by atoms with Crippen LogP contribution >= 0.6 is 0 Å². The highest BCUT2D eigenvalue weighted by atomic mass is 16.4. The molecule has 0 radical (unpaired) electrons. The Hall–Kier alpha value is -6.64. The van der Waals surface area contributed by atoms with Crippen molar-refractivity contribution < 1.29 is 8.83 Å². The molecule has 0 aliphatic heterocycles. The zero-order valence-corrected chi connectivity index (χ0v) is 27.0. The van der Waals surface area contributed by atoms with Crippen LogP contribution in [0.25, 0.3) is 110 Å². The van der Waals surface area contributed by atoms with Crippen LogP contribution in [0.5, 0.6) is 0 Å². The van der Waals surface area contributed by atoms with E-state index >= 15 is 0 Å². The Labute approximate surface area is 287 Å². The van der Waals surface area contributed by atoms with Gasteiger partial charge in [-0.1, -0.05) is 133 Å². The van der Waals surface area contributed by atoms with Gasteiger partial charge in [0.15, 0.2) is 11.2 Å². The van der Waals surface area contributed by atoms with E-state index in [0.717, 1.165) is 49.4 Å². The molecule has 2 heteroatoms. The number of benzene rings is 9. The Balaban J connectivity index is 0.920. The van der Waals surface area contributed by atoms with E-state index in [1.165, 1.54) is 60.1 Å². The lowest BCUT2D eigenvalue weighted by molar-refractivity contribution is 0.633. The first-order chi connectivity index (χ1) is 24.8. The van der Waals surface area contributed by atoms with E-state index < -0.39 is 0 Å². The summed E-state index contributed by atoms with van der Waals surface area (Å²) in [5.41, 5.74) is 10.5. The van der Waals surface area contributed by atoms with Gasteiger partial charge in [-0.3, -0.25) is 0 Å². The molecular formula is C48H28O2. The molecule has 2 heterocycles. The topological polar surface area (TPSA) is 26.3 Å². The minimum atomic E-state index is 0.801. The van der Waals surface area contributed by atoms with Crippen LogP contribution in [0.2, 0.25) is 0 Å². The Morgan fingerprint density at radius 3 is 1.12 bits per heavy atom. The molecule has 0 unspecified atom stereocenters. The molecule has 0 bridgehead atoms. The number of furan rings is 2. The van der Waals surface area contributed by atoms with E-state index in [1.54, 1.807) is 0 Å². The van der Waals surface area contributed by atoms with E-state index in [2.05, 4.69) is 152 Å². The van der Waals surface area contributed by atoms with Crippen LogP contribution in [0.15, 0.2) is 179 Å². The average Bonchev–Trinajstić information content (AvgIpc) is 3.76. The summed E-state index contributed by atoms with van der Waals surface area (Å²) in [4.78, 5) is 0. The molecule has 0 atom stereocenters. The van der Waals surface area contributed by atoms with Gasteiger partial charge in [0.1, 0.15) is 11.2 Å². The maximum absolute atomic E-state index is 6.37. The summed E-state index contributed by atoms with van der Waals surface area (Å²) in [5, 5.41) is 12.1. The maximum atomic E-state index is 6.37. The fourth-order valence-corrected chi connectivity index (χ4v) is 7.99. The van der Waals surface area contributed by atoms with Gasteiger partial charge in [0.25, 0.3) is 0 Å². The molecule has 11 aromatic rings. The number of fused-ring (bicyclic) bond motifs is 13. The zero-order valence-electron chi connectivity index (χ0n) is 27.0. The SMILES string of the molecule is c1ccc2c(c1)oc1c2ccc2c3cc(-c4ccc(-c5ccc(-c6ccc7c8ccccc8c8ccccc8c7c6)cc5)cc4)ccc3oc21. The van der Waals surface area contributed by atoms with Gasteiger partial charge >= 0.3 is 0 Å². The maximum Gasteiger partial charge on any atom is 0.178 e. The Morgan fingerprint density at radius 1 is 0.220 bits per heavy atom. The highest BCUT2D eigenvalue weighted by Crippen LogP contribution is 2.41. The van der Waals surface area contributed by atoms with Crippen LogP contribution in [0.3, 0.4) is 0 Å². The van der Waals surface area contributed by atoms with E-state index in [-0.39, 0.29) is 0 Å². The molecular weight excluding hydrogens is 609 g/mol. The average molecular weight is 637 g/mol. The first kappa shape index (κ1) is 27.3. The van der Waals surface area contributed by atoms with Gasteiger partial charge in [-0.2, -0.15) is 0 Å². The standard InChI is InChI=1S/C48H28O2/c1-2-9-37-35(7-1)36-8-3-4-10-38(36)43-27-33(21-23-39(37)43)31-17-13-29(14-18-31)30-15-19-32(20-16-30)34-22-26-46-44(28-34)42-25-24-41-40-11-5-6-12-45(40)49-47(41)48(42)50-46/h1-28H. The predicted octanol–water partition coefficient (Wildman–Crippen LogP) is 13.9. The Morgan fingerprint density at radius 2 is 0.560 bits per heavy atom. The van der Waals surface area contributed by atoms with Gasteiger partial charge in [-0.15, -0.1) is 0 Å². The van der Waals surface area contributed by atoms with E-state index in [4.69, 9.17) is 8.83 Å². The van der Waals surface area contributed by atoms with Gasteiger partial charge in [-0.05, 0) is 102 Å². The third-order valence-electron chi connectivity index (χ3n) is 10.5. The van der Waals surface area contributed by atoms with E-state index in [1.807, 2.05) is 18.2 Å². The lowest BCUT2D eigenvalue weighted by atomic mass is 9.91. The van der Waals surface area contributed by atoms with Gasteiger partial charge in [0, 0.05) is 21.5 Å². The molecule has 2 aromatic heterocycles. The number of hydrogen-bond donors (Lipinski definition) is 0. The molecule has 0 amide bonds. The Bertz CT molecular complexity index is 3090. The van der Waals surface area contributed by atoms with Crippen molar-refractivity contribution in [3.05, 3.63) is 170 Å². The molecule has 11 rings (SSSR count). The first-order valence-electron chi connectivity index (χ1n) is 17.1. The van der Waals surface area contributed by atoms with Crippen molar-refractivity contribution in [2.45, 2.75) is 0 Å². The summed E-state index contributed by atoms with van der Waals surface area (Å²) in [7, 11) is 0. The molecule has 9 aromatic carbocycles. The second-order valence-corrected chi connectivity index (χ2v) is 13.2. The number of para-hydroxylation sites is 1. The molecule has 0 saturated carbocycles. The summed E-state index contributed by atoms with van der Waals surface area (Å²) in [6.45, 7) is 0. The lowest BCUT2D eigenvalue weighted by Crippen LogP contribution is -1.85. The summed E-state index contributed by atoms with van der Waals surface area (Å²) >= 11 is 0. The second-order valence-electron chi connectivity index (χ2n) is 13.2. The van der Waals surface area contributed by atoms with Crippen molar-refractivity contribution in [3.63, 3.8) is 0 Å². The normalized spacial score (nSPS) is 12.0. The summed E-state index contributed by atoms with van der Waals surface area (Å²) < 4.78 is 12.6. The predicted molar refractivity (Wildman–Crippen MR) is 210 cm³/mol. The molecule has 0 spiro atoms. The summed E-state index contributed by atoms with van der Waals surface area (Å²) in [5.74, 6) is 0. The van der Waals surface area contributed by atoms with Gasteiger partial charge < -0.3 is 8.83 Å². The summed E-state index contributed by atoms with van der Waals surface area (Å²) in [6.07, 6.45) is 0. The van der Waals surface area contributed by atoms with E-state index in [9.17, 15) is 0 Å². The Kier molecular flexibility index (Phi) is 5.70. The van der Waals surface area contributed by atoms with Crippen LogP contribution in [0.4, 0.5) is 0 Å². The third kappa shape index (κ3) is 4.03. The quantitative estimate of drug-likeness (QED) is 0.180. The molecule has 0 N–H and O–H groups in total. The smallest absolute Gasteiger partial charge is 0.178 e. The van der Waals surface area contributed by atoms with E-state index in [0.29, 0.717) is 0 Å². The minimum absolute atomic E-state index is 0.801. The van der Waals surface area contributed by atoms with Crippen LogP contribution in [-0.4, -0.2) is 0 Å². The third-order valence-corrected chi connectivity index (χ3v) is 10.5. The molecule has 2 nitrogen and oxygen atoms in total. The molecule has 0 fully saturated rings. The van der Waals surface area contributed by atoms with Crippen molar-refractivity contribution in [2.24, 2.45) is 0 Å². The number of hydrogen-bond acceptors (Lipinski definition) is 2. The largest absolute Gasteiger partial charge is 0.452 e. The molecule has 0 saturated heterocycles. The fraction of sp³-hybridized carbons (Fsp3) is 0. The van der Waals surface area contributed by atoms with Crippen LogP contribution < -0.4 is 0 Å². The van der Waals surface area contributed by atoms with Gasteiger partial charge in [-0.25, -0.2) is 0 Å². The minimum Gasteiger partial charge on any atom is -0.452 e.